The van der Waals surface area contributed by atoms with Crippen LogP contribution in [0.15, 0.2) is 22.6 Å². The first-order valence-electron chi connectivity index (χ1n) is 7.15. The van der Waals surface area contributed by atoms with E-state index in [1.807, 2.05) is 20.8 Å². The minimum Gasteiger partial charge on any atom is -0.483 e. The van der Waals surface area contributed by atoms with Gasteiger partial charge in [0.05, 0.1) is 20.8 Å². The number of hydrogen-bond donors (Lipinski definition) is 1. The number of nitrogens with one attached hydrogen (secondary N) is 1. The average Bonchev–Trinajstić information content (AvgIpc) is 2.50. The summed E-state index contributed by atoms with van der Waals surface area (Å²) in [6.45, 7) is 9.70. The molecule has 2 atom stereocenters. The van der Waals surface area contributed by atoms with Crippen molar-refractivity contribution in [2.45, 2.75) is 32.4 Å². The number of carbonyl (C=O) groups is 1. The molecule has 0 saturated carbocycles. The molecular formula is C15H25N3O4. The fourth-order valence-corrected chi connectivity index (χ4v) is 2.10. The minimum absolute atomic E-state index is 0.149. The Hall–Kier alpha value is -2.05. The van der Waals surface area contributed by atoms with E-state index in [0.717, 1.165) is 0 Å². The topological polar surface area (TPSA) is 81.5 Å². The first kappa shape index (κ1) is 18.0. The molecule has 1 rings (SSSR count). The smallest absolute Gasteiger partial charge is 0.407 e. The van der Waals surface area contributed by atoms with E-state index in [1.54, 1.807) is 7.11 Å². The van der Waals surface area contributed by atoms with Crippen LogP contribution in [0.3, 0.4) is 0 Å². The molecule has 1 heterocycles. The van der Waals surface area contributed by atoms with Crippen molar-refractivity contribution in [3.8, 4) is 0 Å². The molecule has 0 aliphatic carbocycles. The second kappa shape index (κ2) is 7.82. The van der Waals surface area contributed by atoms with Crippen LogP contribution < -0.4 is 5.32 Å². The molecule has 1 N–H and O–H groups in total. The minimum atomic E-state index is -0.835. The van der Waals surface area contributed by atoms with Gasteiger partial charge in [0.25, 0.3) is 0 Å². The molecule has 7 nitrogen and oxygen atoms in total. The largest absolute Gasteiger partial charge is 0.483 e. The highest BCUT2D eigenvalue weighted by Gasteiger charge is 2.40. The molecule has 0 radical (unpaired) electrons. The Kier molecular flexibility index (Phi) is 6.39. The van der Waals surface area contributed by atoms with E-state index in [9.17, 15) is 4.79 Å². The van der Waals surface area contributed by atoms with Crippen LogP contribution in [0.2, 0.25) is 0 Å². The van der Waals surface area contributed by atoms with Gasteiger partial charge in [0, 0.05) is 0 Å². The zero-order valence-corrected chi connectivity index (χ0v) is 13.9. The predicted molar refractivity (Wildman–Crippen MR) is 85.5 cm³/mol. The lowest BCUT2D eigenvalue weighted by Gasteiger charge is -2.33. The maximum atomic E-state index is 11.6. The molecule has 1 aliphatic rings. The fraction of sp³-hybridized carbons (Fsp3) is 0.667. The highest BCUT2D eigenvalue weighted by Crippen LogP contribution is 2.24. The van der Waals surface area contributed by atoms with Crippen LogP contribution in [0.25, 0.3) is 0 Å². The fourth-order valence-electron chi connectivity index (χ4n) is 2.10. The molecule has 0 aromatic carbocycles. The lowest BCUT2D eigenvalue weighted by molar-refractivity contribution is 0.156. The molecule has 0 aromatic rings. The summed E-state index contributed by atoms with van der Waals surface area (Å²) in [7, 11) is 3.10. The van der Waals surface area contributed by atoms with Crippen molar-refractivity contribution in [3.05, 3.63) is 12.7 Å². The van der Waals surface area contributed by atoms with Crippen LogP contribution in [0.4, 0.5) is 4.79 Å². The molecule has 0 unspecified atom stereocenters. The third kappa shape index (κ3) is 4.22. The zero-order valence-electron chi connectivity index (χ0n) is 13.9. The quantitative estimate of drug-likeness (QED) is 0.785. The van der Waals surface area contributed by atoms with Gasteiger partial charge in [0.2, 0.25) is 11.8 Å². The van der Waals surface area contributed by atoms with Crippen LogP contribution in [0.1, 0.15) is 20.8 Å². The maximum absolute atomic E-state index is 11.6. The summed E-state index contributed by atoms with van der Waals surface area (Å²) in [6, 6.07) is -0.194. The van der Waals surface area contributed by atoms with Gasteiger partial charge in [-0.25, -0.2) is 14.8 Å². The molecular weight excluding hydrogens is 286 g/mol. The number of methoxy groups -OCH3 is 2. The van der Waals surface area contributed by atoms with Crippen molar-refractivity contribution in [2.24, 2.45) is 15.9 Å². The van der Waals surface area contributed by atoms with Gasteiger partial charge in [0.1, 0.15) is 12.6 Å². The summed E-state index contributed by atoms with van der Waals surface area (Å²) >= 11 is 0. The highest BCUT2D eigenvalue weighted by atomic mass is 16.5. The van der Waals surface area contributed by atoms with Crippen molar-refractivity contribution in [1.82, 2.24) is 5.32 Å². The number of aliphatic imine (C=N–C) groups is 2. The van der Waals surface area contributed by atoms with Gasteiger partial charge in [-0.1, -0.05) is 26.5 Å². The van der Waals surface area contributed by atoms with Gasteiger partial charge in [-0.15, -0.1) is 0 Å². The molecule has 7 heteroatoms. The Balaban J connectivity index is 2.89. The Morgan fingerprint density at radius 3 is 2.64 bits per heavy atom. The molecule has 0 spiro atoms. The summed E-state index contributed by atoms with van der Waals surface area (Å²) in [5.74, 6) is 1.20. The van der Waals surface area contributed by atoms with Gasteiger partial charge in [-0.3, -0.25) is 0 Å². The Morgan fingerprint density at radius 2 is 2.14 bits per heavy atom. The molecule has 1 aliphatic heterocycles. The maximum Gasteiger partial charge on any atom is 0.407 e. The van der Waals surface area contributed by atoms with E-state index in [1.165, 1.54) is 13.2 Å². The highest BCUT2D eigenvalue weighted by molar-refractivity contribution is 5.97. The summed E-state index contributed by atoms with van der Waals surface area (Å²) in [5.41, 5.74) is -0.835. The summed E-state index contributed by atoms with van der Waals surface area (Å²) in [6.07, 6.45) is 0.954. The Labute approximate surface area is 131 Å². The van der Waals surface area contributed by atoms with Crippen molar-refractivity contribution < 1.29 is 19.0 Å². The Morgan fingerprint density at radius 1 is 1.45 bits per heavy atom. The van der Waals surface area contributed by atoms with Crippen LogP contribution in [0.5, 0.6) is 0 Å². The van der Waals surface area contributed by atoms with E-state index < -0.39 is 11.6 Å². The molecule has 22 heavy (non-hydrogen) atoms. The van der Waals surface area contributed by atoms with E-state index in [4.69, 9.17) is 14.2 Å². The third-order valence-electron chi connectivity index (χ3n) is 3.27. The van der Waals surface area contributed by atoms with E-state index in [2.05, 4.69) is 21.9 Å². The van der Waals surface area contributed by atoms with Crippen molar-refractivity contribution in [2.75, 3.05) is 27.4 Å². The second-order valence-electron chi connectivity index (χ2n) is 5.50. The number of amides is 1. The van der Waals surface area contributed by atoms with Crippen molar-refractivity contribution in [1.29, 1.82) is 0 Å². The Bertz CT molecular complexity index is 473. The zero-order chi connectivity index (χ0) is 16.8. The normalized spacial score (nSPS) is 24.2. The second-order valence-corrected chi connectivity index (χ2v) is 5.50. The lowest BCUT2D eigenvalue weighted by Crippen LogP contribution is -2.51. The summed E-state index contributed by atoms with van der Waals surface area (Å²) in [5, 5.41) is 2.65. The first-order chi connectivity index (χ1) is 10.4. The van der Waals surface area contributed by atoms with Crippen molar-refractivity contribution >= 4 is 17.9 Å². The van der Waals surface area contributed by atoms with E-state index in [-0.39, 0.29) is 25.1 Å². The van der Waals surface area contributed by atoms with Gasteiger partial charge in [-0.2, -0.15) is 0 Å². The van der Waals surface area contributed by atoms with E-state index in [0.29, 0.717) is 11.8 Å². The van der Waals surface area contributed by atoms with E-state index >= 15 is 0 Å². The number of carbonyl (C=O) groups excluding carboxylic acids is 1. The molecule has 0 aromatic heterocycles. The summed E-state index contributed by atoms with van der Waals surface area (Å²) in [4.78, 5) is 20.7. The summed E-state index contributed by atoms with van der Waals surface area (Å²) < 4.78 is 15.6. The number of hydrogen-bond acceptors (Lipinski definition) is 6. The van der Waals surface area contributed by atoms with Crippen LogP contribution in [-0.2, 0) is 14.2 Å². The number of rotatable bonds is 5. The van der Waals surface area contributed by atoms with Crippen LogP contribution in [-0.4, -0.2) is 56.8 Å². The van der Waals surface area contributed by atoms with Crippen molar-refractivity contribution in [3.63, 3.8) is 0 Å². The molecule has 0 bridgehead atoms. The average molecular weight is 311 g/mol. The van der Waals surface area contributed by atoms with Crippen LogP contribution >= 0.6 is 0 Å². The standard InChI is InChI=1S/C15H25N3O4/c1-7-8-22-14(19)16-9-15(4)13(21-6)17-11(10(2)3)12(18-15)20-5/h7,10-11H,1,8-9H2,2-6H3,(H,16,19)/t11-,15+/m1/s1. The number of ether oxygens (including phenoxy) is 3. The van der Waals surface area contributed by atoms with Gasteiger partial charge < -0.3 is 19.5 Å². The molecule has 0 fully saturated rings. The van der Waals surface area contributed by atoms with Gasteiger partial charge in [0.15, 0.2) is 5.54 Å². The number of alkyl carbamates (subject to hydrolysis) is 1. The first-order valence-corrected chi connectivity index (χ1v) is 7.15. The number of nitrogens with zero attached hydrogens (tertiary/aromatic N) is 2. The molecule has 124 valence electrons. The SMILES string of the molecule is C=CCOC(=O)NC[C@]1(C)N=C(OC)[C@@H](C(C)C)N=C1OC. The van der Waals surface area contributed by atoms with Gasteiger partial charge >= 0.3 is 6.09 Å². The monoisotopic (exact) mass is 311 g/mol. The van der Waals surface area contributed by atoms with Crippen LogP contribution in [0, 0.1) is 5.92 Å². The molecule has 0 saturated heterocycles. The van der Waals surface area contributed by atoms with Gasteiger partial charge in [-0.05, 0) is 12.8 Å². The third-order valence-corrected chi connectivity index (χ3v) is 3.27. The molecule has 1 amide bonds. The predicted octanol–water partition coefficient (Wildman–Crippen LogP) is 1.79. The lowest BCUT2D eigenvalue weighted by atomic mass is 9.97.